The highest BCUT2D eigenvalue weighted by Gasteiger charge is 2.18. The lowest BCUT2D eigenvalue weighted by molar-refractivity contribution is -0.144. The Morgan fingerprint density at radius 1 is 1.12 bits per heavy atom. The van der Waals surface area contributed by atoms with Gasteiger partial charge >= 0.3 is 11.9 Å². The second-order valence-corrected chi connectivity index (χ2v) is 6.12. The van der Waals surface area contributed by atoms with Crippen LogP contribution in [0.4, 0.5) is 5.69 Å². The van der Waals surface area contributed by atoms with Gasteiger partial charge in [-0.05, 0) is 49.0 Å². The number of nitrogen functional groups attached to an aromatic ring is 1. The first-order chi connectivity index (χ1) is 11.5. The number of allylic oxidation sites excluding steroid dienone is 2. The SMILES string of the molecule is CC(=O)OCC(COC(C)=O)c1ccc(N)c(C2=CCCCC2)c1. The maximum atomic E-state index is 11.1. The van der Waals surface area contributed by atoms with E-state index in [1.165, 1.54) is 32.3 Å². The summed E-state index contributed by atoms with van der Waals surface area (Å²) in [6.07, 6.45) is 6.71. The molecule has 2 rings (SSSR count). The predicted octanol–water partition coefficient (Wildman–Crippen LogP) is 3.44. The lowest BCUT2D eigenvalue weighted by Gasteiger charge is -2.20. The van der Waals surface area contributed by atoms with Crippen LogP contribution in [0.5, 0.6) is 0 Å². The molecule has 2 N–H and O–H groups in total. The number of carbonyl (C=O) groups excluding carboxylic acids is 2. The Labute approximate surface area is 142 Å². The van der Waals surface area contributed by atoms with Gasteiger partial charge in [0, 0.05) is 25.1 Å². The summed E-state index contributed by atoms with van der Waals surface area (Å²) >= 11 is 0. The molecule has 24 heavy (non-hydrogen) atoms. The summed E-state index contributed by atoms with van der Waals surface area (Å²) in [4.78, 5) is 22.3. The van der Waals surface area contributed by atoms with Crippen molar-refractivity contribution in [1.29, 1.82) is 0 Å². The largest absolute Gasteiger partial charge is 0.465 e. The molecule has 1 aliphatic carbocycles. The molecule has 0 aliphatic heterocycles. The molecule has 0 saturated heterocycles. The Balaban J connectivity index is 2.25. The van der Waals surface area contributed by atoms with Gasteiger partial charge in [-0.25, -0.2) is 0 Å². The van der Waals surface area contributed by atoms with Crippen molar-refractivity contribution in [3.8, 4) is 0 Å². The molecule has 0 atom stereocenters. The van der Waals surface area contributed by atoms with E-state index in [0.717, 1.165) is 29.7 Å². The molecule has 1 aliphatic rings. The molecule has 0 unspecified atom stereocenters. The van der Waals surface area contributed by atoms with E-state index < -0.39 is 0 Å². The van der Waals surface area contributed by atoms with Gasteiger partial charge in [0.1, 0.15) is 13.2 Å². The highest BCUT2D eigenvalue weighted by Crippen LogP contribution is 2.32. The molecular weight excluding hydrogens is 306 g/mol. The molecule has 1 aromatic carbocycles. The zero-order chi connectivity index (χ0) is 17.5. The normalized spacial score (nSPS) is 14.2. The highest BCUT2D eigenvalue weighted by atomic mass is 16.5. The van der Waals surface area contributed by atoms with Crippen molar-refractivity contribution in [1.82, 2.24) is 0 Å². The van der Waals surface area contributed by atoms with Gasteiger partial charge in [-0.1, -0.05) is 12.1 Å². The van der Waals surface area contributed by atoms with Crippen molar-refractivity contribution in [3.63, 3.8) is 0 Å². The number of esters is 2. The molecule has 5 nitrogen and oxygen atoms in total. The summed E-state index contributed by atoms with van der Waals surface area (Å²) < 4.78 is 10.3. The third kappa shape index (κ3) is 5.11. The summed E-state index contributed by atoms with van der Waals surface area (Å²) in [6.45, 7) is 3.07. The fourth-order valence-corrected chi connectivity index (χ4v) is 2.87. The van der Waals surface area contributed by atoms with Crippen LogP contribution in [0, 0.1) is 0 Å². The number of nitrogens with two attached hydrogens (primary N) is 1. The number of anilines is 1. The van der Waals surface area contributed by atoms with Gasteiger partial charge in [-0.15, -0.1) is 0 Å². The van der Waals surface area contributed by atoms with Crippen LogP contribution < -0.4 is 5.73 Å². The monoisotopic (exact) mass is 331 g/mol. The maximum absolute atomic E-state index is 11.1. The van der Waals surface area contributed by atoms with Crippen molar-refractivity contribution in [2.24, 2.45) is 0 Å². The van der Waals surface area contributed by atoms with Gasteiger partial charge in [0.15, 0.2) is 0 Å². The molecule has 0 amide bonds. The van der Waals surface area contributed by atoms with Gasteiger partial charge < -0.3 is 15.2 Å². The summed E-state index contributed by atoms with van der Waals surface area (Å²) in [5.41, 5.74) is 10.1. The molecule has 0 spiro atoms. The van der Waals surface area contributed by atoms with Crippen molar-refractivity contribution in [3.05, 3.63) is 35.4 Å². The Kier molecular flexibility index (Phi) is 6.41. The second kappa shape index (κ2) is 8.52. The molecule has 1 aromatic rings. The summed E-state index contributed by atoms with van der Waals surface area (Å²) in [6, 6.07) is 5.80. The summed E-state index contributed by atoms with van der Waals surface area (Å²) in [7, 11) is 0. The van der Waals surface area contributed by atoms with E-state index in [9.17, 15) is 9.59 Å². The molecule has 0 heterocycles. The van der Waals surface area contributed by atoms with Gasteiger partial charge in [-0.2, -0.15) is 0 Å². The molecule has 5 heteroatoms. The van der Waals surface area contributed by atoms with E-state index in [4.69, 9.17) is 15.2 Å². The van der Waals surface area contributed by atoms with Crippen LogP contribution in [0.15, 0.2) is 24.3 Å². The van der Waals surface area contributed by atoms with Crippen LogP contribution in [-0.2, 0) is 19.1 Å². The first kappa shape index (κ1) is 18.0. The molecular formula is C19H25NO4. The number of benzene rings is 1. The summed E-state index contributed by atoms with van der Waals surface area (Å²) in [5, 5.41) is 0. The lowest BCUT2D eigenvalue weighted by Crippen LogP contribution is -2.18. The minimum absolute atomic E-state index is 0.172. The van der Waals surface area contributed by atoms with Crippen molar-refractivity contribution in [2.45, 2.75) is 45.4 Å². The topological polar surface area (TPSA) is 78.6 Å². The molecule has 0 bridgehead atoms. The number of carbonyl (C=O) groups is 2. The Morgan fingerprint density at radius 3 is 2.33 bits per heavy atom. The quantitative estimate of drug-likeness (QED) is 0.638. The predicted molar refractivity (Wildman–Crippen MR) is 93.3 cm³/mol. The van der Waals surface area contributed by atoms with Crippen LogP contribution in [0.3, 0.4) is 0 Å². The van der Waals surface area contributed by atoms with Gasteiger partial charge in [0.2, 0.25) is 0 Å². The first-order valence-corrected chi connectivity index (χ1v) is 8.33. The van der Waals surface area contributed by atoms with Crippen molar-refractivity contribution >= 4 is 23.2 Å². The van der Waals surface area contributed by atoms with Crippen molar-refractivity contribution in [2.75, 3.05) is 18.9 Å². The average molecular weight is 331 g/mol. The Morgan fingerprint density at radius 2 is 1.79 bits per heavy atom. The molecule has 0 radical (unpaired) electrons. The van der Waals surface area contributed by atoms with E-state index in [0.29, 0.717) is 0 Å². The van der Waals surface area contributed by atoms with Crippen LogP contribution >= 0.6 is 0 Å². The van der Waals surface area contributed by atoms with Crippen LogP contribution in [-0.4, -0.2) is 25.2 Å². The maximum Gasteiger partial charge on any atom is 0.302 e. The van der Waals surface area contributed by atoms with E-state index >= 15 is 0 Å². The lowest BCUT2D eigenvalue weighted by atomic mass is 9.89. The number of hydrogen-bond acceptors (Lipinski definition) is 5. The zero-order valence-corrected chi connectivity index (χ0v) is 14.3. The average Bonchev–Trinajstić information content (AvgIpc) is 2.56. The minimum atomic E-state index is -0.353. The fraction of sp³-hybridized carbons (Fsp3) is 0.474. The minimum Gasteiger partial charge on any atom is -0.465 e. The third-order valence-electron chi connectivity index (χ3n) is 4.16. The van der Waals surface area contributed by atoms with Crippen LogP contribution in [0.1, 0.15) is 56.6 Å². The first-order valence-electron chi connectivity index (χ1n) is 8.33. The fourth-order valence-electron chi connectivity index (χ4n) is 2.87. The molecule has 0 aromatic heterocycles. The molecule has 0 saturated carbocycles. The van der Waals surface area contributed by atoms with Gasteiger partial charge in [0.25, 0.3) is 0 Å². The van der Waals surface area contributed by atoms with E-state index in [2.05, 4.69) is 6.08 Å². The van der Waals surface area contributed by atoms with Crippen molar-refractivity contribution < 1.29 is 19.1 Å². The molecule has 0 fully saturated rings. The second-order valence-electron chi connectivity index (χ2n) is 6.12. The number of hydrogen-bond donors (Lipinski definition) is 1. The zero-order valence-electron chi connectivity index (χ0n) is 14.3. The highest BCUT2D eigenvalue weighted by molar-refractivity contribution is 5.76. The standard InChI is InChI=1S/C19H25NO4/c1-13(21)23-11-17(12-24-14(2)22)16-8-9-19(20)18(10-16)15-6-4-3-5-7-15/h6,8-10,17H,3-5,7,11-12,20H2,1-2H3. The van der Waals surface area contributed by atoms with Gasteiger partial charge in [-0.3, -0.25) is 9.59 Å². The van der Waals surface area contributed by atoms with Crippen LogP contribution in [0.25, 0.3) is 5.57 Å². The van der Waals surface area contributed by atoms with E-state index in [1.54, 1.807) is 0 Å². The number of ether oxygens (including phenoxy) is 2. The van der Waals surface area contributed by atoms with E-state index in [1.807, 2.05) is 18.2 Å². The van der Waals surface area contributed by atoms with E-state index in [-0.39, 0.29) is 31.1 Å². The van der Waals surface area contributed by atoms with Crippen LogP contribution in [0.2, 0.25) is 0 Å². The smallest absolute Gasteiger partial charge is 0.302 e. The summed E-state index contributed by atoms with van der Waals surface area (Å²) in [5.74, 6) is -0.914. The Bertz CT molecular complexity index is 618. The third-order valence-corrected chi connectivity index (χ3v) is 4.16. The molecule has 130 valence electrons. The Hall–Kier alpha value is -2.30. The number of rotatable bonds is 6. The van der Waals surface area contributed by atoms with Gasteiger partial charge in [0.05, 0.1) is 5.92 Å².